The molecule has 0 fully saturated rings. The molecule has 92 valence electrons. The predicted octanol–water partition coefficient (Wildman–Crippen LogP) is 2.35. The van der Waals surface area contributed by atoms with Crippen LogP contribution in [0.4, 0.5) is 4.39 Å². The summed E-state index contributed by atoms with van der Waals surface area (Å²) >= 11 is 5.36. The molecule has 0 unspecified atom stereocenters. The third-order valence-corrected chi connectivity index (χ3v) is 2.44. The molecular weight excluding hydrogens is 247 g/mol. The summed E-state index contributed by atoms with van der Waals surface area (Å²) < 4.78 is 18.3. The minimum atomic E-state index is -0.635. The quantitative estimate of drug-likeness (QED) is 0.601. The summed E-state index contributed by atoms with van der Waals surface area (Å²) in [5.74, 6) is -1.79. The molecule has 0 radical (unpaired) electrons. The van der Waals surface area contributed by atoms with Crippen molar-refractivity contribution < 1.29 is 18.7 Å². The first-order valence-electron chi connectivity index (χ1n) is 5.12. The Morgan fingerprint density at radius 3 is 2.71 bits per heavy atom. The largest absolute Gasteiger partial charge is 0.462 e. The van der Waals surface area contributed by atoms with Crippen molar-refractivity contribution in [2.45, 2.75) is 13.3 Å². The third kappa shape index (κ3) is 3.53. The van der Waals surface area contributed by atoms with Crippen LogP contribution in [0.2, 0.25) is 0 Å². The van der Waals surface area contributed by atoms with Crippen molar-refractivity contribution in [3.05, 3.63) is 35.1 Å². The molecule has 0 atom stereocenters. The number of halogens is 2. The molecule has 0 bridgehead atoms. The van der Waals surface area contributed by atoms with Gasteiger partial charge in [-0.2, -0.15) is 0 Å². The topological polar surface area (TPSA) is 43.4 Å². The first kappa shape index (κ1) is 13.6. The van der Waals surface area contributed by atoms with Gasteiger partial charge in [0.1, 0.15) is 5.82 Å². The van der Waals surface area contributed by atoms with Gasteiger partial charge in [-0.1, -0.05) is 6.07 Å². The standard InChI is InChI=1S/C12H12ClFO3/c1-2-17-12(16)9-4-3-5-11(14)10(9)6-8(15)7-13/h3-5H,2,6-7H2,1H3. The van der Waals surface area contributed by atoms with E-state index in [1.54, 1.807) is 6.92 Å². The zero-order valence-electron chi connectivity index (χ0n) is 9.33. The number of carbonyl (C=O) groups excluding carboxylic acids is 2. The lowest BCUT2D eigenvalue weighted by Crippen LogP contribution is -2.13. The molecule has 0 saturated heterocycles. The lowest BCUT2D eigenvalue weighted by Gasteiger charge is -2.08. The summed E-state index contributed by atoms with van der Waals surface area (Å²) in [7, 11) is 0. The van der Waals surface area contributed by atoms with Crippen LogP contribution in [0.3, 0.4) is 0 Å². The predicted molar refractivity (Wildman–Crippen MR) is 61.8 cm³/mol. The Hall–Kier alpha value is -1.42. The third-order valence-electron chi connectivity index (χ3n) is 2.14. The van der Waals surface area contributed by atoms with E-state index in [9.17, 15) is 14.0 Å². The Kier molecular flexibility index (Phi) is 5.10. The summed E-state index contributed by atoms with van der Waals surface area (Å²) in [5.41, 5.74) is 0.113. The molecule has 0 aromatic heterocycles. The fourth-order valence-electron chi connectivity index (χ4n) is 1.38. The van der Waals surface area contributed by atoms with Gasteiger partial charge in [-0.3, -0.25) is 4.79 Å². The molecule has 0 saturated carbocycles. The summed E-state index contributed by atoms with van der Waals surface area (Å²) in [6.07, 6.45) is -0.204. The van der Waals surface area contributed by atoms with Gasteiger partial charge in [0.25, 0.3) is 0 Å². The molecule has 0 spiro atoms. The van der Waals surface area contributed by atoms with Gasteiger partial charge in [0.2, 0.25) is 0 Å². The van der Waals surface area contributed by atoms with E-state index >= 15 is 0 Å². The van der Waals surface area contributed by atoms with Crippen LogP contribution < -0.4 is 0 Å². The highest BCUT2D eigenvalue weighted by Gasteiger charge is 2.18. The van der Waals surface area contributed by atoms with Gasteiger partial charge in [-0.25, -0.2) is 9.18 Å². The lowest BCUT2D eigenvalue weighted by molar-refractivity contribution is -0.116. The second-order valence-electron chi connectivity index (χ2n) is 3.34. The van der Waals surface area contributed by atoms with E-state index in [4.69, 9.17) is 16.3 Å². The number of rotatable bonds is 5. The van der Waals surface area contributed by atoms with Gasteiger partial charge >= 0.3 is 5.97 Å². The molecule has 1 aromatic carbocycles. The Morgan fingerprint density at radius 2 is 2.12 bits per heavy atom. The van der Waals surface area contributed by atoms with Crippen LogP contribution in [0.25, 0.3) is 0 Å². The van der Waals surface area contributed by atoms with Crippen LogP contribution in [0.1, 0.15) is 22.8 Å². The van der Waals surface area contributed by atoms with Gasteiger partial charge < -0.3 is 4.74 Å². The highest BCUT2D eigenvalue weighted by Crippen LogP contribution is 2.16. The number of carbonyl (C=O) groups is 2. The number of alkyl halides is 1. The van der Waals surface area contributed by atoms with E-state index in [0.717, 1.165) is 0 Å². The number of esters is 1. The number of Topliss-reactive ketones (excluding diaryl/α,β-unsaturated/α-hetero) is 1. The molecule has 3 nitrogen and oxygen atoms in total. The molecule has 0 aliphatic heterocycles. The Morgan fingerprint density at radius 1 is 1.41 bits per heavy atom. The lowest BCUT2D eigenvalue weighted by atomic mass is 10.0. The molecule has 5 heteroatoms. The second kappa shape index (κ2) is 6.35. The first-order chi connectivity index (χ1) is 8.10. The Bertz CT molecular complexity index is 432. The minimum absolute atomic E-state index is 0.0385. The summed E-state index contributed by atoms with van der Waals surface area (Å²) in [6.45, 7) is 1.85. The molecule has 0 amide bonds. The smallest absolute Gasteiger partial charge is 0.338 e. The molecule has 0 aliphatic carbocycles. The average molecular weight is 259 g/mol. The van der Waals surface area contributed by atoms with Crippen LogP contribution >= 0.6 is 11.6 Å². The van der Waals surface area contributed by atoms with Gasteiger partial charge in [-0.15, -0.1) is 11.6 Å². The van der Waals surface area contributed by atoms with Crippen LogP contribution in [0.5, 0.6) is 0 Å². The normalized spacial score (nSPS) is 10.1. The van der Waals surface area contributed by atoms with E-state index in [2.05, 4.69) is 0 Å². The van der Waals surface area contributed by atoms with Crippen LogP contribution in [-0.2, 0) is 16.0 Å². The molecule has 17 heavy (non-hydrogen) atoms. The van der Waals surface area contributed by atoms with E-state index < -0.39 is 11.8 Å². The number of benzene rings is 1. The van der Waals surface area contributed by atoms with Crippen molar-refractivity contribution in [3.8, 4) is 0 Å². The summed E-state index contributed by atoms with van der Waals surface area (Å²) in [4.78, 5) is 22.8. The Labute approximate surface area is 104 Å². The van der Waals surface area contributed by atoms with E-state index in [1.807, 2.05) is 0 Å². The molecule has 1 rings (SSSR count). The van der Waals surface area contributed by atoms with Gasteiger partial charge in [0, 0.05) is 12.0 Å². The maximum absolute atomic E-state index is 13.5. The Balaban J connectivity index is 3.08. The van der Waals surface area contributed by atoms with E-state index in [0.29, 0.717) is 0 Å². The van der Waals surface area contributed by atoms with Crippen LogP contribution in [0.15, 0.2) is 18.2 Å². The molecule has 0 N–H and O–H groups in total. The van der Waals surface area contributed by atoms with Gasteiger partial charge in [0.05, 0.1) is 18.1 Å². The zero-order chi connectivity index (χ0) is 12.8. The van der Waals surface area contributed by atoms with Gasteiger partial charge in [0.15, 0.2) is 5.78 Å². The van der Waals surface area contributed by atoms with Crippen molar-refractivity contribution in [3.63, 3.8) is 0 Å². The zero-order valence-corrected chi connectivity index (χ0v) is 10.1. The second-order valence-corrected chi connectivity index (χ2v) is 3.60. The first-order valence-corrected chi connectivity index (χ1v) is 5.65. The molecule has 0 heterocycles. The van der Waals surface area contributed by atoms with Crippen molar-refractivity contribution in [2.75, 3.05) is 12.5 Å². The monoisotopic (exact) mass is 258 g/mol. The summed E-state index contributed by atoms with van der Waals surface area (Å²) in [6, 6.07) is 4.02. The summed E-state index contributed by atoms with van der Waals surface area (Å²) in [5, 5.41) is 0. The van der Waals surface area contributed by atoms with Gasteiger partial charge in [-0.05, 0) is 19.1 Å². The SMILES string of the molecule is CCOC(=O)c1cccc(F)c1CC(=O)CCl. The fourth-order valence-corrected chi connectivity index (χ4v) is 1.48. The highest BCUT2D eigenvalue weighted by atomic mass is 35.5. The number of hydrogen-bond donors (Lipinski definition) is 0. The molecular formula is C12H12ClFO3. The van der Waals surface area contributed by atoms with Crippen molar-refractivity contribution in [2.24, 2.45) is 0 Å². The number of ketones is 1. The maximum Gasteiger partial charge on any atom is 0.338 e. The molecule has 0 aliphatic rings. The average Bonchev–Trinajstić information content (AvgIpc) is 2.31. The minimum Gasteiger partial charge on any atom is -0.462 e. The number of hydrogen-bond acceptors (Lipinski definition) is 3. The maximum atomic E-state index is 13.5. The highest BCUT2D eigenvalue weighted by molar-refractivity contribution is 6.27. The van der Waals surface area contributed by atoms with Crippen LogP contribution in [-0.4, -0.2) is 24.2 Å². The van der Waals surface area contributed by atoms with Crippen molar-refractivity contribution >= 4 is 23.4 Å². The van der Waals surface area contributed by atoms with E-state index in [-0.39, 0.29) is 35.8 Å². The number of ether oxygens (including phenoxy) is 1. The fraction of sp³-hybridized carbons (Fsp3) is 0.333. The van der Waals surface area contributed by atoms with Crippen molar-refractivity contribution in [1.82, 2.24) is 0 Å². The van der Waals surface area contributed by atoms with Crippen LogP contribution in [0, 0.1) is 5.82 Å². The molecule has 1 aromatic rings. The van der Waals surface area contributed by atoms with Crippen molar-refractivity contribution in [1.29, 1.82) is 0 Å². The van der Waals surface area contributed by atoms with E-state index in [1.165, 1.54) is 18.2 Å².